The summed E-state index contributed by atoms with van der Waals surface area (Å²) in [7, 11) is 1.66. The molecule has 0 atom stereocenters. The van der Waals surface area contributed by atoms with Gasteiger partial charge < -0.3 is 32.2 Å². The molecule has 1 aliphatic heterocycles. The molecule has 0 amide bonds. The van der Waals surface area contributed by atoms with E-state index in [-0.39, 0.29) is 12.3 Å². The summed E-state index contributed by atoms with van der Waals surface area (Å²) >= 11 is 0. The number of nitrogens with two attached hydrogens (primary N) is 2. The van der Waals surface area contributed by atoms with Crippen molar-refractivity contribution in [1.82, 2.24) is 10.2 Å². The molecule has 0 bridgehead atoms. The fourth-order valence-electron chi connectivity index (χ4n) is 4.11. The second-order valence-electron chi connectivity index (χ2n) is 8.34. The van der Waals surface area contributed by atoms with Crippen LogP contribution in [0.25, 0.3) is 11.1 Å². The quantitative estimate of drug-likeness (QED) is 0.197. The molecule has 0 fully saturated rings. The fraction of sp³-hybridized carbons (Fsp3) is 0.222. The Hall–Kier alpha value is -4.40. The number of rotatable bonds is 10. The molecule has 8 nitrogen and oxygen atoms in total. The lowest BCUT2D eigenvalue weighted by Gasteiger charge is -2.21. The van der Waals surface area contributed by atoms with Crippen LogP contribution >= 0.6 is 0 Å². The van der Waals surface area contributed by atoms with E-state index in [1.54, 1.807) is 31.5 Å². The number of nitrogens with one attached hydrogen (secondary N) is 2. The molecule has 0 spiro atoms. The summed E-state index contributed by atoms with van der Waals surface area (Å²) in [6, 6.07) is 8.02. The van der Waals surface area contributed by atoms with E-state index >= 15 is 0 Å². The van der Waals surface area contributed by atoms with Gasteiger partial charge in [-0.3, -0.25) is 9.98 Å². The maximum Gasteiger partial charge on any atom is 0.165 e. The Bertz CT molecular complexity index is 1290. The fourth-order valence-corrected chi connectivity index (χ4v) is 4.11. The third kappa shape index (κ3) is 5.46. The number of aryl methyl sites for hydroxylation is 1. The SMILES string of the molecule is C=NC1=C(NCC(=N)c2ccc(-c3cc(F)c(O)cc3CC)cc2N)CN(C(=C)/C(C=NC)=C/N)C1. The zero-order chi connectivity index (χ0) is 26.4. The third-order valence-electron chi connectivity index (χ3n) is 6.11. The van der Waals surface area contributed by atoms with Crippen molar-refractivity contribution in [3.63, 3.8) is 0 Å². The average Bonchev–Trinajstić information content (AvgIpc) is 3.30. The van der Waals surface area contributed by atoms with Crippen LogP contribution in [-0.4, -0.2) is 55.3 Å². The molecule has 7 N–H and O–H groups in total. The zero-order valence-corrected chi connectivity index (χ0v) is 20.6. The molecule has 2 aromatic rings. The van der Waals surface area contributed by atoms with Gasteiger partial charge in [0.15, 0.2) is 11.6 Å². The maximum atomic E-state index is 14.0. The molecule has 1 aliphatic rings. The molecule has 0 saturated heterocycles. The Morgan fingerprint density at radius 2 is 2.06 bits per heavy atom. The minimum atomic E-state index is -0.689. The van der Waals surface area contributed by atoms with Crippen LogP contribution in [-0.2, 0) is 6.42 Å². The minimum absolute atomic E-state index is 0.224. The number of nitrogens with zero attached hydrogens (tertiary/aromatic N) is 3. The van der Waals surface area contributed by atoms with Gasteiger partial charge in [-0.2, -0.15) is 0 Å². The molecule has 0 unspecified atom stereocenters. The molecule has 9 heteroatoms. The van der Waals surface area contributed by atoms with Gasteiger partial charge in [0.25, 0.3) is 0 Å². The summed E-state index contributed by atoms with van der Waals surface area (Å²) in [5.41, 5.74) is 18.5. The predicted molar refractivity (Wildman–Crippen MR) is 146 cm³/mol. The van der Waals surface area contributed by atoms with Crippen LogP contribution in [0, 0.1) is 11.2 Å². The minimum Gasteiger partial charge on any atom is -0.505 e. The van der Waals surface area contributed by atoms with Crippen molar-refractivity contribution in [2.45, 2.75) is 13.3 Å². The van der Waals surface area contributed by atoms with E-state index in [2.05, 4.69) is 28.6 Å². The van der Waals surface area contributed by atoms with Crippen molar-refractivity contribution in [3.8, 4) is 16.9 Å². The molecular weight excluding hydrogens is 457 g/mol. The number of nitrogen functional groups attached to an aromatic ring is 1. The summed E-state index contributed by atoms with van der Waals surface area (Å²) in [4.78, 5) is 10.1. The summed E-state index contributed by atoms with van der Waals surface area (Å²) in [6.07, 6.45) is 3.73. The summed E-state index contributed by atoms with van der Waals surface area (Å²) in [5, 5.41) is 21.6. The largest absolute Gasteiger partial charge is 0.505 e. The second-order valence-corrected chi connectivity index (χ2v) is 8.34. The molecule has 36 heavy (non-hydrogen) atoms. The Labute approximate surface area is 210 Å². The number of allylic oxidation sites excluding steroid dienone is 1. The Morgan fingerprint density at radius 3 is 2.67 bits per heavy atom. The number of aromatic hydroxyl groups is 1. The first kappa shape index (κ1) is 26.2. The number of phenolic OH excluding ortho intramolecular Hbond substituents is 1. The lowest BCUT2D eigenvalue weighted by Crippen LogP contribution is -2.28. The van der Waals surface area contributed by atoms with Crippen LogP contribution in [0.3, 0.4) is 0 Å². The molecule has 188 valence electrons. The Kier molecular flexibility index (Phi) is 8.26. The van der Waals surface area contributed by atoms with Gasteiger partial charge in [-0.05, 0) is 48.0 Å². The lowest BCUT2D eigenvalue weighted by molar-refractivity contribution is 0.432. The van der Waals surface area contributed by atoms with Crippen LogP contribution in [0.15, 0.2) is 75.8 Å². The van der Waals surface area contributed by atoms with Gasteiger partial charge in [0.1, 0.15) is 0 Å². The highest BCUT2D eigenvalue weighted by atomic mass is 19.1. The van der Waals surface area contributed by atoms with Gasteiger partial charge in [0.05, 0.1) is 36.7 Å². The van der Waals surface area contributed by atoms with Crippen LogP contribution < -0.4 is 16.8 Å². The molecule has 0 aliphatic carbocycles. The average molecular weight is 490 g/mol. The number of halogens is 1. The number of hydrogen-bond donors (Lipinski definition) is 5. The molecule has 2 aromatic carbocycles. The molecule has 1 heterocycles. The number of hydrogen-bond acceptors (Lipinski definition) is 8. The highest BCUT2D eigenvalue weighted by Gasteiger charge is 2.24. The van der Waals surface area contributed by atoms with Crippen molar-refractivity contribution >= 4 is 24.3 Å². The van der Waals surface area contributed by atoms with E-state index in [0.717, 1.165) is 22.5 Å². The Morgan fingerprint density at radius 1 is 1.31 bits per heavy atom. The van der Waals surface area contributed by atoms with Crippen molar-refractivity contribution in [2.24, 2.45) is 15.7 Å². The van der Waals surface area contributed by atoms with Gasteiger partial charge in [-0.25, -0.2) is 4.39 Å². The van der Waals surface area contributed by atoms with E-state index in [4.69, 9.17) is 16.9 Å². The van der Waals surface area contributed by atoms with E-state index in [1.807, 2.05) is 11.8 Å². The Balaban J connectivity index is 1.74. The van der Waals surface area contributed by atoms with Gasteiger partial charge in [-0.15, -0.1) is 0 Å². The molecule has 0 saturated carbocycles. The first-order valence-corrected chi connectivity index (χ1v) is 11.4. The van der Waals surface area contributed by atoms with Gasteiger partial charge in [-0.1, -0.05) is 25.6 Å². The monoisotopic (exact) mass is 489 g/mol. The zero-order valence-electron chi connectivity index (χ0n) is 20.6. The van der Waals surface area contributed by atoms with Crippen molar-refractivity contribution in [3.05, 3.63) is 82.7 Å². The molecule has 0 radical (unpaired) electrons. The standard InChI is InChI=1S/C27H32FN7O/c1-5-17-9-27(36)22(28)10-21(17)18-6-7-20(23(30)8-18)24(31)13-34-26-15-35(14-25(26)33-4)16(2)19(11-29)12-32-3/h6-12,31,34,36H,2,4-5,13-15,29-30H2,1,3H3/b19-11+,31-24?,32-12?. The first-order valence-electron chi connectivity index (χ1n) is 11.4. The highest BCUT2D eigenvalue weighted by Crippen LogP contribution is 2.32. The predicted octanol–water partition coefficient (Wildman–Crippen LogP) is 3.59. The number of benzene rings is 2. The maximum absolute atomic E-state index is 14.0. The summed E-state index contributed by atoms with van der Waals surface area (Å²) in [6.45, 7) is 11.0. The topological polar surface area (TPSA) is 136 Å². The van der Waals surface area contributed by atoms with Gasteiger partial charge >= 0.3 is 0 Å². The number of phenols is 1. The van der Waals surface area contributed by atoms with Crippen molar-refractivity contribution in [1.29, 1.82) is 5.41 Å². The number of anilines is 1. The van der Waals surface area contributed by atoms with E-state index in [0.29, 0.717) is 53.3 Å². The van der Waals surface area contributed by atoms with Crippen molar-refractivity contribution < 1.29 is 9.50 Å². The lowest BCUT2D eigenvalue weighted by atomic mass is 9.95. The summed E-state index contributed by atoms with van der Waals surface area (Å²) in [5.74, 6) is -1.07. The van der Waals surface area contributed by atoms with E-state index < -0.39 is 5.82 Å². The molecule has 3 rings (SSSR count). The first-order chi connectivity index (χ1) is 17.2. The molecule has 0 aromatic heterocycles. The smallest absolute Gasteiger partial charge is 0.165 e. The molecular formula is C27H32FN7O. The third-order valence-corrected chi connectivity index (χ3v) is 6.11. The van der Waals surface area contributed by atoms with E-state index in [9.17, 15) is 9.50 Å². The van der Waals surface area contributed by atoms with Gasteiger partial charge in [0.2, 0.25) is 0 Å². The second kappa shape index (κ2) is 11.4. The van der Waals surface area contributed by atoms with Crippen LogP contribution in [0.1, 0.15) is 18.1 Å². The normalized spacial score (nSPS) is 14.0. The van der Waals surface area contributed by atoms with E-state index in [1.165, 1.54) is 18.3 Å². The van der Waals surface area contributed by atoms with Crippen LogP contribution in [0.4, 0.5) is 10.1 Å². The number of aliphatic imine (C=N–C) groups is 2. The van der Waals surface area contributed by atoms with Gasteiger partial charge in [0, 0.05) is 42.0 Å². The van der Waals surface area contributed by atoms with Crippen molar-refractivity contribution in [2.75, 3.05) is 32.4 Å². The van der Waals surface area contributed by atoms with Crippen LogP contribution in [0.5, 0.6) is 5.75 Å². The summed E-state index contributed by atoms with van der Waals surface area (Å²) < 4.78 is 14.0. The van der Waals surface area contributed by atoms with Crippen LogP contribution in [0.2, 0.25) is 0 Å². The highest BCUT2D eigenvalue weighted by molar-refractivity contribution is 6.04.